The van der Waals surface area contributed by atoms with E-state index in [0.717, 1.165) is 11.1 Å². The summed E-state index contributed by atoms with van der Waals surface area (Å²) in [6.07, 6.45) is -0.486. The summed E-state index contributed by atoms with van der Waals surface area (Å²) < 4.78 is 34.9. The van der Waals surface area contributed by atoms with E-state index < -0.39 is 22.2 Å². The van der Waals surface area contributed by atoms with E-state index in [0.29, 0.717) is 5.56 Å². The minimum atomic E-state index is -3.96. The molecule has 3 atom stereocenters. The minimum absolute atomic E-state index is 0.0133. The molecule has 1 aliphatic heterocycles. The van der Waals surface area contributed by atoms with E-state index in [2.05, 4.69) is 6.07 Å². The first-order valence-corrected chi connectivity index (χ1v) is 13.2. The normalized spacial score (nSPS) is 20.4. The summed E-state index contributed by atoms with van der Waals surface area (Å²) in [5.74, 6) is -0.148. The van der Waals surface area contributed by atoms with Gasteiger partial charge in [0.25, 0.3) is 0 Å². The maximum Gasteiger partial charge on any atom is 0.247 e. The van der Waals surface area contributed by atoms with Crippen molar-refractivity contribution in [3.05, 3.63) is 48.0 Å². The van der Waals surface area contributed by atoms with Crippen LogP contribution in [-0.4, -0.2) is 93.1 Å². The molecule has 0 saturated heterocycles. The first-order valence-electron chi connectivity index (χ1n) is 11.8. The molecule has 194 valence electrons. The average molecular weight is 515 g/mol. The molecule has 0 aliphatic carbocycles. The molecule has 1 aliphatic rings. The Labute approximate surface area is 213 Å². The Hall–Kier alpha value is -2.97. The highest BCUT2D eigenvalue weighted by Gasteiger charge is 2.38. The van der Waals surface area contributed by atoms with Crippen molar-refractivity contribution in [3.63, 3.8) is 0 Å². The van der Waals surface area contributed by atoms with Crippen LogP contribution in [0, 0.1) is 17.2 Å². The second-order valence-corrected chi connectivity index (χ2v) is 11.5. The average Bonchev–Trinajstić information content (AvgIpc) is 2.85. The first-order chi connectivity index (χ1) is 17.0. The number of amides is 1. The van der Waals surface area contributed by atoms with Crippen molar-refractivity contribution in [1.82, 2.24) is 14.1 Å². The van der Waals surface area contributed by atoms with Gasteiger partial charge in [0.15, 0.2) is 0 Å². The highest BCUT2D eigenvalue weighted by molar-refractivity contribution is 7.89. The molecular formula is C26H34N4O5S. The quantitative estimate of drug-likeness (QED) is 0.601. The smallest absolute Gasteiger partial charge is 0.247 e. The van der Waals surface area contributed by atoms with Crippen LogP contribution in [0.3, 0.4) is 0 Å². The second-order valence-electron chi connectivity index (χ2n) is 9.60. The molecule has 10 heteroatoms. The number of nitrogens with zero attached hydrogens (tertiary/aromatic N) is 4. The minimum Gasteiger partial charge on any atom is -0.487 e. The summed E-state index contributed by atoms with van der Waals surface area (Å²) >= 11 is 0. The number of sulfonamides is 1. The molecular weight excluding hydrogens is 480 g/mol. The van der Waals surface area contributed by atoms with Crippen molar-refractivity contribution in [1.29, 1.82) is 5.26 Å². The molecule has 9 nitrogen and oxygen atoms in total. The Morgan fingerprint density at radius 2 is 1.83 bits per heavy atom. The zero-order chi connectivity index (χ0) is 26.6. The summed E-state index contributed by atoms with van der Waals surface area (Å²) in [5.41, 5.74) is 2.07. The van der Waals surface area contributed by atoms with Gasteiger partial charge in [-0.15, -0.1) is 0 Å². The van der Waals surface area contributed by atoms with Crippen LogP contribution in [0.1, 0.15) is 19.4 Å². The summed E-state index contributed by atoms with van der Waals surface area (Å²) in [6, 6.07) is 13.4. The molecule has 2 aromatic carbocycles. The van der Waals surface area contributed by atoms with Crippen molar-refractivity contribution in [2.24, 2.45) is 5.92 Å². The standard InChI is InChI=1S/C26H34N4O5S/c1-18-14-30(19(2)17-31)36(33,34)25-11-10-22(21-8-6-20(13-27)7-9-21)12-23(25)35-24(18)15-29(5)26(32)16-28(3)4/h6-12,18-19,24,31H,14-17H2,1-5H3/t18-,19-,24+/m1/s1. The van der Waals surface area contributed by atoms with Gasteiger partial charge in [0, 0.05) is 25.6 Å². The van der Waals surface area contributed by atoms with Crippen LogP contribution in [0.15, 0.2) is 47.4 Å². The van der Waals surface area contributed by atoms with Gasteiger partial charge >= 0.3 is 0 Å². The lowest BCUT2D eigenvalue weighted by Gasteiger charge is -2.37. The van der Waals surface area contributed by atoms with Crippen molar-refractivity contribution < 1.29 is 23.1 Å². The molecule has 0 unspecified atom stereocenters. The van der Waals surface area contributed by atoms with E-state index >= 15 is 0 Å². The van der Waals surface area contributed by atoms with Crippen molar-refractivity contribution in [2.75, 3.05) is 47.4 Å². The molecule has 0 aromatic heterocycles. The van der Waals surface area contributed by atoms with Gasteiger partial charge in [-0.05, 0) is 56.4 Å². The number of hydrogen-bond acceptors (Lipinski definition) is 7. The van der Waals surface area contributed by atoms with E-state index in [1.165, 1.54) is 10.4 Å². The fraction of sp³-hybridized carbons (Fsp3) is 0.462. The molecule has 36 heavy (non-hydrogen) atoms. The van der Waals surface area contributed by atoms with Crippen LogP contribution in [0.5, 0.6) is 5.75 Å². The predicted molar refractivity (Wildman–Crippen MR) is 137 cm³/mol. The maximum atomic E-state index is 13.6. The summed E-state index contributed by atoms with van der Waals surface area (Å²) in [7, 11) is 1.39. The number of rotatable bonds is 7. The number of benzene rings is 2. The summed E-state index contributed by atoms with van der Waals surface area (Å²) in [5, 5.41) is 18.9. The zero-order valence-electron chi connectivity index (χ0n) is 21.4. The third-order valence-corrected chi connectivity index (χ3v) is 8.37. The Bertz CT molecular complexity index is 1220. The topological polar surface area (TPSA) is 114 Å². The maximum absolute atomic E-state index is 13.6. The molecule has 2 aromatic rings. The number of hydrogen-bond donors (Lipinski definition) is 1. The molecule has 0 fully saturated rings. The third kappa shape index (κ3) is 6.05. The number of aliphatic hydroxyl groups excluding tert-OH is 1. The van der Waals surface area contributed by atoms with Gasteiger partial charge in [0.05, 0.1) is 31.3 Å². The summed E-state index contributed by atoms with van der Waals surface area (Å²) in [6.45, 7) is 3.89. The molecule has 1 heterocycles. The molecule has 1 N–H and O–H groups in total. The van der Waals surface area contributed by atoms with Gasteiger partial charge in [-0.2, -0.15) is 9.57 Å². The van der Waals surface area contributed by atoms with Crippen LogP contribution in [0.2, 0.25) is 0 Å². The van der Waals surface area contributed by atoms with Crippen LogP contribution in [-0.2, 0) is 14.8 Å². The molecule has 1 amide bonds. The third-order valence-electron chi connectivity index (χ3n) is 6.35. The first kappa shape index (κ1) is 27.6. The van der Waals surface area contributed by atoms with Gasteiger partial charge in [-0.3, -0.25) is 4.79 Å². The Morgan fingerprint density at radius 1 is 1.19 bits per heavy atom. The van der Waals surface area contributed by atoms with Crippen LogP contribution >= 0.6 is 0 Å². The van der Waals surface area contributed by atoms with Gasteiger partial charge in [0.1, 0.15) is 16.7 Å². The molecule has 0 bridgehead atoms. The number of nitriles is 1. The molecule has 0 saturated carbocycles. The zero-order valence-corrected chi connectivity index (χ0v) is 22.2. The predicted octanol–water partition coefficient (Wildman–Crippen LogP) is 2.01. The highest BCUT2D eigenvalue weighted by Crippen LogP contribution is 2.36. The van der Waals surface area contributed by atoms with Crippen molar-refractivity contribution >= 4 is 15.9 Å². The van der Waals surface area contributed by atoms with Gasteiger partial charge < -0.3 is 19.6 Å². The monoisotopic (exact) mass is 514 g/mol. The van der Waals surface area contributed by atoms with Gasteiger partial charge in [-0.25, -0.2) is 8.42 Å². The lowest BCUT2D eigenvalue weighted by atomic mass is 10.0. The van der Waals surface area contributed by atoms with E-state index in [1.54, 1.807) is 60.2 Å². The van der Waals surface area contributed by atoms with E-state index in [4.69, 9.17) is 10.00 Å². The van der Waals surface area contributed by atoms with Crippen molar-refractivity contribution in [2.45, 2.75) is 30.9 Å². The van der Waals surface area contributed by atoms with Crippen molar-refractivity contribution in [3.8, 4) is 22.9 Å². The number of carbonyl (C=O) groups is 1. The largest absolute Gasteiger partial charge is 0.487 e. The Morgan fingerprint density at radius 3 is 2.42 bits per heavy atom. The Balaban J connectivity index is 2.07. The number of ether oxygens (including phenoxy) is 1. The molecule has 0 radical (unpaired) electrons. The van der Waals surface area contributed by atoms with E-state index in [9.17, 15) is 18.3 Å². The Kier molecular flexibility index (Phi) is 8.74. The number of likely N-dealkylation sites (N-methyl/N-ethyl adjacent to an activating group) is 2. The van der Waals surface area contributed by atoms with E-state index in [-0.39, 0.29) is 48.7 Å². The molecule has 3 rings (SSSR count). The van der Waals surface area contributed by atoms with E-state index in [1.807, 2.05) is 21.0 Å². The molecule has 0 spiro atoms. The summed E-state index contributed by atoms with van der Waals surface area (Å²) in [4.78, 5) is 16.0. The number of fused-ring (bicyclic) bond motifs is 1. The van der Waals surface area contributed by atoms with Gasteiger partial charge in [-0.1, -0.05) is 25.1 Å². The van der Waals surface area contributed by atoms with Crippen LogP contribution in [0.25, 0.3) is 11.1 Å². The lowest BCUT2D eigenvalue weighted by Crippen LogP contribution is -2.50. The van der Waals surface area contributed by atoms with Crippen LogP contribution in [0.4, 0.5) is 0 Å². The second kappa shape index (κ2) is 11.4. The highest BCUT2D eigenvalue weighted by atomic mass is 32.2. The fourth-order valence-corrected chi connectivity index (χ4v) is 5.95. The number of carbonyl (C=O) groups excluding carboxylic acids is 1. The van der Waals surface area contributed by atoms with Crippen LogP contribution < -0.4 is 4.74 Å². The number of aliphatic hydroxyl groups is 1. The van der Waals surface area contributed by atoms with Gasteiger partial charge in [0.2, 0.25) is 15.9 Å². The SMILES string of the molecule is C[C@@H]1CN([C@H](C)CO)S(=O)(=O)c2ccc(-c3ccc(C#N)cc3)cc2O[C@H]1CN(C)C(=O)CN(C)C. The lowest BCUT2D eigenvalue weighted by molar-refractivity contribution is -0.132. The fourth-order valence-electron chi connectivity index (χ4n) is 4.12.